The maximum Gasteiger partial charge on any atom is 0.516 e. The zero-order valence-electron chi connectivity index (χ0n) is 10.2. The van der Waals surface area contributed by atoms with Crippen LogP contribution < -0.4 is 5.32 Å². The van der Waals surface area contributed by atoms with Crippen molar-refractivity contribution >= 4 is 12.1 Å². The molecule has 0 fully saturated rings. The molecule has 0 unspecified atom stereocenters. The first-order valence-corrected chi connectivity index (χ1v) is 5.60. The molecule has 0 heterocycles. The van der Waals surface area contributed by atoms with Crippen LogP contribution in [-0.4, -0.2) is 31.3 Å². The number of nitriles is 1. The monoisotopic (exact) mass is 242 g/mol. The molecule has 1 N–H and O–H groups in total. The molecular weight excluding hydrogens is 224 g/mol. The van der Waals surface area contributed by atoms with Crippen molar-refractivity contribution in [2.24, 2.45) is 0 Å². The molecule has 0 radical (unpaired) electrons. The molecular formula is C11H18N2O4. The predicted octanol–water partition coefficient (Wildman–Crippen LogP) is 1.36. The number of unbranched alkanes of at least 4 members (excludes halogenated alkanes) is 1. The van der Waals surface area contributed by atoms with Crippen LogP contribution in [0.3, 0.4) is 0 Å². The third-order valence-electron chi connectivity index (χ3n) is 1.94. The number of esters is 1. The minimum absolute atomic E-state index is 0.249. The van der Waals surface area contributed by atoms with E-state index in [1.54, 1.807) is 6.92 Å². The zero-order valence-corrected chi connectivity index (χ0v) is 10.2. The largest absolute Gasteiger partial charge is 0.516 e. The number of nitrogens with zero attached hydrogens (tertiary/aromatic N) is 1. The van der Waals surface area contributed by atoms with E-state index < -0.39 is 18.2 Å². The number of hydrogen-bond donors (Lipinski definition) is 1. The van der Waals surface area contributed by atoms with Crippen LogP contribution in [0.4, 0.5) is 4.79 Å². The highest BCUT2D eigenvalue weighted by Crippen LogP contribution is 1.95. The van der Waals surface area contributed by atoms with E-state index in [1.807, 2.05) is 13.0 Å². The fraction of sp³-hybridized carbons (Fsp3) is 0.727. The second-order valence-corrected chi connectivity index (χ2v) is 3.46. The molecule has 96 valence electrons. The van der Waals surface area contributed by atoms with Crippen molar-refractivity contribution in [3.63, 3.8) is 0 Å². The van der Waals surface area contributed by atoms with E-state index in [-0.39, 0.29) is 6.61 Å². The minimum Gasteiger partial charge on any atom is -0.434 e. The van der Waals surface area contributed by atoms with Crippen molar-refractivity contribution in [3.8, 4) is 6.07 Å². The summed E-state index contributed by atoms with van der Waals surface area (Å²) in [5.41, 5.74) is 0. The average molecular weight is 242 g/mol. The van der Waals surface area contributed by atoms with Gasteiger partial charge in [0.15, 0.2) is 0 Å². The lowest BCUT2D eigenvalue weighted by Crippen LogP contribution is -2.37. The first-order valence-electron chi connectivity index (χ1n) is 5.60. The molecule has 17 heavy (non-hydrogen) atoms. The highest BCUT2D eigenvalue weighted by molar-refractivity contribution is 5.85. The summed E-state index contributed by atoms with van der Waals surface area (Å²) in [6, 6.07) is 1.29. The summed E-state index contributed by atoms with van der Waals surface area (Å²) in [7, 11) is 0. The highest BCUT2D eigenvalue weighted by atomic mass is 16.7. The molecule has 0 aliphatic carbocycles. The van der Waals surface area contributed by atoms with Crippen molar-refractivity contribution in [1.29, 1.82) is 5.26 Å². The molecule has 1 atom stereocenters. The van der Waals surface area contributed by atoms with E-state index in [2.05, 4.69) is 14.8 Å². The van der Waals surface area contributed by atoms with Gasteiger partial charge in [0.25, 0.3) is 0 Å². The Balaban J connectivity index is 3.75. The average Bonchev–Trinajstić information content (AvgIpc) is 2.29. The van der Waals surface area contributed by atoms with Crippen molar-refractivity contribution in [2.45, 2.75) is 39.2 Å². The number of carbonyl (C=O) groups excluding carboxylic acids is 2. The summed E-state index contributed by atoms with van der Waals surface area (Å²) < 4.78 is 9.11. The molecule has 0 aromatic heterocycles. The van der Waals surface area contributed by atoms with Gasteiger partial charge in [0.05, 0.1) is 12.7 Å². The van der Waals surface area contributed by atoms with E-state index in [4.69, 9.17) is 5.26 Å². The highest BCUT2D eigenvalue weighted by Gasteiger charge is 2.18. The fourth-order valence-corrected chi connectivity index (χ4v) is 0.928. The standard InChI is InChI=1S/C11H18N2O4/c1-3-4-8-16-11(15)17-10(14)9(2)13-7-5-6-12/h9,13H,3-5,7-8H2,1-2H3/t9-/m1/s1. The van der Waals surface area contributed by atoms with Crippen LogP contribution in [0.2, 0.25) is 0 Å². The van der Waals surface area contributed by atoms with Crippen molar-refractivity contribution in [2.75, 3.05) is 13.2 Å². The van der Waals surface area contributed by atoms with Crippen LogP contribution in [0, 0.1) is 11.3 Å². The van der Waals surface area contributed by atoms with Gasteiger partial charge < -0.3 is 14.8 Å². The van der Waals surface area contributed by atoms with E-state index >= 15 is 0 Å². The van der Waals surface area contributed by atoms with Gasteiger partial charge in [-0.25, -0.2) is 9.59 Å². The Morgan fingerprint density at radius 3 is 2.76 bits per heavy atom. The molecule has 0 saturated carbocycles. The number of ether oxygens (including phenoxy) is 2. The van der Waals surface area contributed by atoms with Crippen LogP contribution in [-0.2, 0) is 14.3 Å². The lowest BCUT2D eigenvalue weighted by atomic mass is 10.3. The summed E-state index contributed by atoms with van der Waals surface area (Å²) in [5, 5.41) is 11.1. The Hall–Kier alpha value is -1.61. The quantitative estimate of drug-likeness (QED) is 0.412. The molecule has 6 nitrogen and oxygen atoms in total. The van der Waals surface area contributed by atoms with Crippen molar-refractivity contribution < 1.29 is 19.1 Å². The molecule has 0 aromatic rings. The smallest absolute Gasteiger partial charge is 0.434 e. The van der Waals surface area contributed by atoms with E-state index in [9.17, 15) is 9.59 Å². The van der Waals surface area contributed by atoms with Gasteiger partial charge in [0, 0.05) is 13.0 Å². The van der Waals surface area contributed by atoms with E-state index in [0.29, 0.717) is 13.0 Å². The van der Waals surface area contributed by atoms with Gasteiger partial charge in [0.2, 0.25) is 0 Å². The molecule has 0 amide bonds. The molecule has 0 saturated heterocycles. The second-order valence-electron chi connectivity index (χ2n) is 3.46. The molecule has 0 aromatic carbocycles. The molecule has 0 bridgehead atoms. The SMILES string of the molecule is CCCCOC(=O)OC(=O)[C@@H](C)NCCC#N. The first kappa shape index (κ1) is 15.4. The summed E-state index contributed by atoms with van der Waals surface area (Å²) in [4.78, 5) is 22.3. The molecule has 6 heteroatoms. The summed E-state index contributed by atoms with van der Waals surface area (Å²) >= 11 is 0. The van der Waals surface area contributed by atoms with Crippen LogP contribution in [0.15, 0.2) is 0 Å². The maximum absolute atomic E-state index is 11.3. The van der Waals surface area contributed by atoms with Crippen LogP contribution >= 0.6 is 0 Å². The van der Waals surface area contributed by atoms with Gasteiger partial charge in [-0.15, -0.1) is 0 Å². The van der Waals surface area contributed by atoms with Crippen LogP contribution in [0.25, 0.3) is 0 Å². The minimum atomic E-state index is -0.975. The Morgan fingerprint density at radius 1 is 1.47 bits per heavy atom. The molecule has 0 aliphatic heterocycles. The normalized spacial score (nSPS) is 11.4. The number of carbonyl (C=O) groups is 2. The van der Waals surface area contributed by atoms with Crippen molar-refractivity contribution in [1.82, 2.24) is 5.32 Å². The van der Waals surface area contributed by atoms with Crippen molar-refractivity contribution in [3.05, 3.63) is 0 Å². The van der Waals surface area contributed by atoms with Crippen LogP contribution in [0.1, 0.15) is 33.1 Å². The number of rotatable bonds is 7. The van der Waals surface area contributed by atoms with Gasteiger partial charge in [-0.3, -0.25) is 0 Å². The molecule has 0 rings (SSSR count). The summed E-state index contributed by atoms with van der Waals surface area (Å²) in [5.74, 6) is -0.704. The van der Waals surface area contributed by atoms with Gasteiger partial charge in [-0.1, -0.05) is 13.3 Å². The van der Waals surface area contributed by atoms with Gasteiger partial charge in [-0.2, -0.15) is 5.26 Å². The number of hydrogen-bond acceptors (Lipinski definition) is 6. The molecule has 0 aliphatic rings. The second kappa shape index (κ2) is 9.60. The Morgan fingerprint density at radius 2 is 2.18 bits per heavy atom. The van der Waals surface area contributed by atoms with E-state index in [1.165, 1.54) is 0 Å². The Labute approximate surface area is 101 Å². The van der Waals surface area contributed by atoms with Gasteiger partial charge in [0.1, 0.15) is 6.04 Å². The Bertz CT molecular complexity index is 286. The van der Waals surface area contributed by atoms with E-state index in [0.717, 1.165) is 12.8 Å². The van der Waals surface area contributed by atoms with Gasteiger partial charge >= 0.3 is 12.1 Å². The first-order chi connectivity index (χ1) is 8.11. The third-order valence-corrected chi connectivity index (χ3v) is 1.94. The fourth-order valence-electron chi connectivity index (χ4n) is 0.928. The summed E-state index contributed by atoms with van der Waals surface area (Å²) in [6.07, 6.45) is 0.947. The third kappa shape index (κ3) is 8.22. The zero-order chi connectivity index (χ0) is 13.1. The maximum atomic E-state index is 11.3. The number of nitrogens with one attached hydrogen (secondary N) is 1. The molecule has 0 spiro atoms. The van der Waals surface area contributed by atoms with Crippen LogP contribution in [0.5, 0.6) is 0 Å². The topological polar surface area (TPSA) is 88.4 Å². The lowest BCUT2D eigenvalue weighted by Gasteiger charge is -2.10. The van der Waals surface area contributed by atoms with Gasteiger partial charge in [-0.05, 0) is 13.3 Å². The lowest BCUT2D eigenvalue weighted by molar-refractivity contribution is -0.141. The summed E-state index contributed by atoms with van der Waals surface area (Å²) in [6.45, 7) is 4.14. The predicted molar refractivity (Wildman–Crippen MR) is 60.0 cm³/mol. The Kier molecular flexibility index (Phi) is 8.69.